The summed E-state index contributed by atoms with van der Waals surface area (Å²) in [6, 6.07) is 7.66. The first kappa shape index (κ1) is 14.5. The van der Waals surface area contributed by atoms with Crippen LogP contribution in [0.5, 0.6) is 0 Å². The van der Waals surface area contributed by atoms with Crippen molar-refractivity contribution in [3.63, 3.8) is 0 Å². The van der Waals surface area contributed by atoms with E-state index in [0.717, 1.165) is 18.4 Å². The maximum absolute atomic E-state index is 11.5. The van der Waals surface area contributed by atoms with Crippen molar-refractivity contribution >= 4 is 11.9 Å². The minimum Gasteiger partial charge on any atom is -0.465 e. The Kier molecular flexibility index (Phi) is 5.12. The second-order valence-corrected chi connectivity index (χ2v) is 4.96. The highest BCUT2D eigenvalue weighted by Crippen LogP contribution is 2.18. The highest BCUT2D eigenvalue weighted by atomic mass is 16.5. The van der Waals surface area contributed by atoms with Gasteiger partial charge in [-0.25, -0.2) is 4.79 Å². The summed E-state index contributed by atoms with van der Waals surface area (Å²) >= 11 is 0. The van der Waals surface area contributed by atoms with Gasteiger partial charge in [-0.15, -0.1) is 0 Å². The number of amides is 1. The molecule has 0 saturated heterocycles. The van der Waals surface area contributed by atoms with Gasteiger partial charge < -0.3 is 15.4 Å². The van der Waals surface area contributed by atoms with Gasteiger partial charge in [0, 0.05) is 25.6 Å². The number of benzene rings is 1. The molecule has 0 unspecified atom stereocenters. The second-order valence-electron chi connectivity index (χ2n) is 4.96. The van der Waals surface area contributed by atoms with Crippen LogP contribution in [-0.4, -0.2) is 31.6 Å². The minimum atomic E-state index is -0.332. The van der Waals surface area contributed by atoms with Crippen LogP contribution in [0.25, 0.3) is 0 Å². The summed E-state index contributed by atoms with van der Waals surface area (Å²) in [5.74, 6) is -0.220. The SMILES string of the molecule is COC(=O)c1ccc(CNCCC(=O)NC2CC2)cc1. The van der Waals surface area contributed by atoms with Crippen LogP contribution in [0.3, 0.4) is 0 Å². The Bertz CT molecular complexity index is 467. The van der Waals surface area contributed by atoms with Gasteiger partial charge in [0.1, 0.15) is 0 Å². The fourth-order valence-electron chi connectivity index (χ4n) is 1.84. The molecule has 108 valence electrons. The van der Waals surface area contributed by atoms with E-state index in [2.05, 4.69) is 15.4 Å². The summed E-state index contributed by atoms with van der Waals surface area (Å²) in [6.45, 7) is 1.33. The molecule has 1 fully saturated rings. The van der Waals surface area contributed by atoms with Crippen molar-refractivity contribution in [3.05, 3.63) is 35.4 Å². The molecular weight excluding hydrogens is 256 g/mol. The van der Waals surface area contributed by atoms with Crippen LogP contribution >= 0.6 is 0 Å². The van der Waals surface area contributed by atoms with Gasteiger partial charge in [-0.2, -0.15) is 0 Å². The quantitative estimate of drug-likeness (QED) is 0.580. The lowest BCUT2D eigenvalue weighted by Gasteiger charge is -2.06. The number of rotatable bonds is 7. The molecule has 0 atom stereocenters. The summed E-state index contributed by atoms with van der Waals surface area (Å²) in [6.07, 6.45) is 2.73. The third kappa shape index (κ3) is 4.66. The molecular formula is C15H20N2O3. The number of methoxy groups -OCH3 is 1. The molecule has 1 saturated carbocycles. The molecule has 5 heteroatoms. The van der Waals surface area contributed by atoms with E-state index in [-0.39, 0.29) is 11.9 Å². The highest BCUT2D eigenvalue weighted by Gasteiger charge is 2.22. The van der Waals surface area contributed by atoms with Gasteiger partial charge in [-0.1, -0.05) is 12.1 Å². The number of nitrogens with one attached hydrogen (secondary N) is 2. The van der Waals surface area contributed by atoms with Crippen LogP contribution in [0.4, 0.5) is 0 Å². The predicted octanol–water partition coefficient (Wildman–Crippen LogP) is 1.23. The third-order valence-corrected chi connectivity index (χ3v) is 3.18. The summed E-state index contributed by atoms with van der Waals surface area (Å²) in [4.78, 5) is 22.7. The maximum Gasteiger partial charge on any atom is 0.337 e. The van der Waals surface area contributed by atoms with Crippen LogP contribution in [0.15, 0.2) is 24.3 Å². The summed E-state index contributed by atoms with van der Waals surface area (Å²) in [5.41, 5.74) is 1.61. The molecule has 5 nitrogen and oxygen atoms in total. The first-order valence-electron chi connectivity index (χ1n) is 6.86. The molecule has 0 aromatic heterocycles. The zero-order valence-corrected chi connectivity index (χ0v) is 11.6. The Balaban J connectivity index is 1.65. The number of ether oxygens (including phenoxy) is 1. The molecule has 1 amide bonds. The molecule has 0 heterocycles. The molecule has 2 N–H and O–H groups in total. The molecule has 1 aliphatic rings. The molecule has 20 heavy (non-hydrogen) atoms. The van der Waals surface area contributed by atoms with Crippen molar-refractivity contribution in [1.29, 1.82) is 0 Å². The Morgan fingerprint density at radius 2 is 1.95 bits per heavy atom. The molecule has 0 spiro atoms. The zero-order valence-electron chi connectivity index (χ0n) is 11.6. The first-order chi connectivity index (χ1) is 9.69. The minimum absolute atomic E-state index is 0.112. The summed E-state index contributed by atoms with van der Waals surface area (Å²) < 4.78 is 4.64. The van der Waals surface area contributed by atoms with Gasteiger partial charge in [0.2, 0.25) is 5.91 Å². The number of carbonyl (C=O) groups excluding carboxylic acids is 2. The molecule has 0 radical (unpaired) electrons. The summed E-state index contributed by atoms with van der Waals surface area (Å²) in [7, 11) is 1.37. The molecule has 2 rings (SSSR count). The van der Waals surface area contributed by atoms with E-state index in [1.165, 1.54) is 7.11 Å². The van der Waals surface area contributed by atoms with Crippen LogP contribution in [0, 0.1) is 0 Å². The van der Waals surface area contributed by atoms with Crippen molar-refractivity contribution in [3.8, 4) is 0 Å². The highest BCUT2D eigenvalue weighted by molar-refractivity contribution is 5.89. The Morgan fingerprint density at radius 1 is 1.25 bits per heavy atom. The van der Waals surface area contributed by atoms with Gasteiger partial charge >= 0.3 is 5.97 Å². The molecule has 0 aliphatic heterocycles. The van der Waals surface area contributed by atoms with Crippen LogP contribution in [0.1, 0.15) is 35.2 Å². The Morgan fingerprint density at radius 3 is 2.55 bits per heavy atom. The molecule has 1 aromatic carbocycles. The average molecular weight is 276 g/mol. The van der Waals surface area contributed by atoms with E-state index in [1.54, 1.807) is 12.1 Å². The van der Waals surface area contributed by atoms with Crippen molar-refractivity contribution in [2.45, 2.75) is 31.8 Å². The number of esters is 1. The lowest BCUT2D eigenvalue weighted by Crippen LogP contribution is -2.28. The van der Waals surface area contributed by atoms with Crippen molar-refractivity contribution in [1.82, 2.24) is 10.6 Å². The van der Waals surface area contributed by atoms with Crippen LogP contribution in [0.2, 0.25) is 0 Å². The standard InChI is InChI=1S/C15H20N2O3/c1-20-15(19)12-4-2-11(3-5-12)10-16-9-8-14(18)17-13-6-7-13/h2-5,13,16H,6-10H2,1H3,(H,17,18). The fourth-order valence-corrected chi connectivity index (χ4v) is 1.84. The van der Waals surface area contributed by atoms with Gasteiger partial charge in [0.15, 0.2) is 0 Å². The van der Waals surface area contributed by atoms with E-state index in [0.29, 0.717) is 31.1 Å². The van der Waals surface area contributed by atoms with Crippen LogP contribution in [-0.2, 0) is 16.1 Å². The first-order valence-corrected chi connectivity index (χ1v) is 6.86. The lowest BCUT2D eigenvalue weighted by molar-refractivity contribution is -0.121. The fraction of sp³-hybridized carbons (Fsp3) is 0.467. The van der Waals surface area contributed by atoms with Gasteiger partial charge in [-0.3, -0.25) is 4.79 Å². The monoisotopic (exact) mass is 276 g/mol. The molecule has 1 aromatic rings. The van der Waals surface area contributed by atoms with Gasteiger partial charge in [-0.05, 0) is 30.5 Å². The van der Waals surface area contributed by atoms with Crippen molar-refractivity contribution < 1.29 is 14.3 Å². The van der Waals surface area contributed by atoms with Crippen molar-refractivity contribution in [2.75, 3.05) is 13.7 Å². The number of carbonyl (C=O) groups is 2. The van der Waals surface area contributed by atoms with E-state index in [9.17, 15) is 9.59 Å². The zero-order chi connectivity index (χ0) is 14.4. The molecule has 1 aliphatic carbocycles. The number of hydrogen-bond donors (Lipinski definition) is 2. The molecule has 0 bridgehead atoms. The Hall–Kier alpha value is -1.88. The predicted molar refractivity (Wildman–Crippen MR) is 75.3 cm³/mol. The van der Waals surface area contributed by atoms with Gasteiger partial charge in [0.05, 0.1) is 12.7 Å². The normalized spacial score (nSPS) is 13.8. The average Bonchev–Trinajstić information content (AvgIpc) is 3.27. The lowest BCUT2D eigenvalue weighted by atomic mass is 10.1. The topological polar surface area (TPSA) is 67.4 Å². The van der Waals surface area contributed by atoms with E-state index in [4.69, 9.17) is 0 Å². The second kappa shape index (κ2) is 7.05. The summed E-state index contributed by atoms with van der Waals surface area (Å²) in [5, 5.41) is 6.16. The largest absolute Gasteiger partial charge is 0.465 e. The van der Waals surface area contributed by atoms with Gasteiger partial charge in [0.25, 0.3) is 0 Å². The Labute approximate surface area is 118 Å². The van der Waals surface area contributed by atoms with E-state index >= 15 is 0 Å². The smallest absolute Gasteiger partial charge is 0.337 e. The number of hydrogen-bond acceptors (Lipinski definition) is 4. The van der Waals surface area contributed by atoms with E-state index in [1.807, 2.05) is 12.1 Å². The third-order valence-electron chi connectivity index (χ3n) is 3.18. The van der Waals surface area contributed by atoms with Crippen molar-refractivity contribution in [2.24, 2.45) is 0 Å². The van der Waals surface area contributed by atoms with E-state index < -0.39 is 0 Å². The van der Waals surface area contributed by atoms with Crippen LogP contribution < -0.4 is 10.6 Å². The maximum atomic E-state index is 11.5.